The number of carboxylic acid groups (broad SMARTS) is 1. The number of carboxylic acids is 1. The van der Waals surface area contributed by atoms with E-state index in [-0.39, 0.29) is 0 Å². The third-order valence-electron chi connectivity index (χ3n) is 1.98. The van der Waals surface area contributed by atoms with Gasteiger partial charge in [0.05, 0.1) is 5.57 Å². The van der Waals surface area contributed by atoms with Crippen molar-refractivity contribution < 1.29 is 9.90 Å². The zero-order valence-electron chi connectivity index (χ0n) is 9.19. The van der Waals surface area contributed by atoms with E-state index in [2.05, 4.69) is 0 Å². The number of hydrogen-bond donors (Lipinski definition) is 1. The highest BCUT2D eigenvalue weighted by atomic mass is 16.4. The maximum absolute atomic E-state index is 11.0. The first-order valence-electron chi connectivity index (χ1n) is 4.69. The highest BCUT2D eigenvalue weighted by molar-refractivity contribution is 6.15. The maximum atomic E-state index is 11.0. The Labute approximate surface area is 89.6 Å². The van der Waals surface area contributed by atoms with Crippen LogP contribution >= 0.6 is 0 Å². The first-order valence-corrected chi connectivity index (χ1v) is 4.69. The van der Waals surface area contributed by atoms with E-state index in [0.717, 1.165) is 11.1 Å². The van der Waals surface area contributed by atoms with E-state index >= 15 is 0 Å². The van der Waals surface area contributed by atoms with E-state index in [1.807, 2.05) is 31.2 Å². The molecule has 1 N–H and O–H groups in total. The second-order valence-electron chi connectivity index (χ2n) is 3.68. The molecule has 0 heterocycles. The van der Waals surface area contributed by atoms with E-state index in [1.165, 1.54) is 0 Å². The molecule has 1 aromatic carbocycles. The van der Waals surface area contributed by atoms with Gasteiger partial charge in [0.15, 0.2) is 0 Å². The van der Waals surface area contributed by atoms with Crippen molar-refractivity contribution in [2.24, 2.45) is 0 Å². The molecule has 1 aromatic rings. The highest BCUT2D eigenvalue weighted by Crippen LogP contribution is 2.15. The Bertz CT molecular complexity index is 377. The number of hydrogen-bond acceptors (Lipinski definition) is 2. The number of nitrogens with zero attached hydrogens (tertiary/aromatic N) is 1. The molecule has 0 radical (unpaired) electrons. The Morgan fingerprint density at radius 3 is 2.20 bits per heavy atom. The van der Waals surface area contributed by atoms with Crippen LogP contribution in [0.5, 0.6) is 0 Å². The van der Waals surface area contributed by atoms with Crippen LogP contribution in [-0.2, 0) is 4.79 Å². The summed E-state index contributed by atoms with van der Waals surface area (Å²) >= 11 is 0. The molecule has 0 aliphatic carbocycles. The summed E-state index contributed by atoms with van der Waals surface area (Å²) in [5, 5.41) is 9.05. The van der Waals surface area contributed by atoms with E-state index in [0.29, 0.717) is 5.57 Å². The van der Waals surface area contributed by atoms with Gasteiger partial charge in [-0.3, -0.25) is 0 Å². The Hall–Kier alpha value is -1.77. The highest BCUT2D eigenvalue weighted by Gasteiger charge is 2.09. The van der Waals surface area contributed by atoms with Gasteiger partial charge in [-0.05, 0) is 12.5 Å². The monoisotopic (exact) mass is 205 g/mol. The first-order chi connectivity index (χ1) is 7.00. The van der Waals surface area contributed by atoms with Gasteiger partial charge >= 0.3 is 5.97 Å². The topological polar surface area (TPSA) is 40.5 Å². The van der Waals surface area contributed by atoms with Gasteiger partial charge in [0.2, 0.25) is 0 Å². The van der Waals surface area contributed by atoms with Crippen molar-refractivity contribution in [2.45, 2.75) is 6.92 Å². The van der Waals surface area contributed by atoms with Crippen molar-refractivity contribution in [1.82, 2.24) is 4.90 Å². The van der Waals surface area contributed by atoms with Crippen LogP contribution in [-0.4, -0.2) is 30.1 Å². The zero-order chi connectivity index (χ0) is 11.4. The summed E-state index contributed by atoms with van der Waals surface area (Å²) in [5.74, 6) is -0.910. The zero-order valence-corrected chi connectivity index (χ0v) is 9.19. The van der Waals surface area contributed by atoms with Crippen LogP contribution in [0.1, 0.15) is 11.1 Å². The van der Waals surface area contributed by atoms with E-state index in [9.17, 15) is 4.79 Å². The first kappa shape index (κ1) is 11.3. The normalized spacial score (nSPS) is 11.3. The number of aryl methyl sites for hydroxylation is 1. The molecular weight excluding hydrogens is 190 g/mol. The van der Waals surface area contributed by atoms with Gasteiger partial charge in [-0.1, -0.05) is 29.8 Å². The summed E-state index contributed by atoms with van der Waals surface area (Å²) in [4.78, 5) is 12.8. The lowest BCUT2D eigenvalue weighted by Crippen LogP contribution is -2.08. The minimum Gasteiger partial charge on any atom is -0.478 e. The third kappa shape index (κ3) is 3.13. The third-order valence-corrected chi connectivity index (χ3v) is 1.98. The van der Waals surface area contributed by atoms with Crippen molar-refractivity contribution in [2.75, 3.05) is 14.1 Å². The molecule has 15 heavy (non-hydrogen) atoms. The standard InChI is InChI=1S/C12H15NO2/c1-9-4-6-10(7-5-9)11(12(14)15)8-13(2)3/h4-8H,1-3H3,(H,14,15)/b11-8+. The Balaban J connectivity index is 3.11. The SMILES string of the molecule is Cc1ccc(/C(=C\N(C)C)C(=O)O)cc1. The van der Waals surface area contributed by atoms with Crippen LogP contribution in [0.2, 0.25) is 0 Å². The summed E-state index contributed by atoms with van der Waals surface area (Å²) in [5.41, 5.74) is 2.15. The molecular formula is C12H15NO2. The molecule has 0 saturated heterocycles. The molecule has 0 unspecified atom stereocenters. The minimum atomic E-state index is -0.910. The molecule has 80 valence electrons. The Morgan fingerprint density at radius 2 is 1.80 bits per heavy atom. The van der Waals surface area contributed by atoms with Crippen molar-refractivity contribution in [3.05, 3.63) is 41.6 Å². The summed E-state index contributed by atoms with van der Waals surface area (Å²) in [6, 6.07) is 7.45. The van der Waals surface area contributed by atoms with Gasteiger partial charge < -0.3 is 10.0 Å². The van der Waals surface area contributed by atoms with Gasteiger partial charge in [0.25, 0.3) is 0 Å². The Kier molecular flexibility index (Phi) is 3.50. The summed E-state index contributed by atoms with van der Waals surface area (Å²) in [6.07, 6.45) is 1.60. The van der Waals surface area contributed by atoms with Gasteiger partial charge in [-0.15, -0.1) is 0 Å². The number of benzene rings is 1. The van der Waals surface area contributed by atoms with E-state index in [1.54, 1.807) is 25.2 Å². The minimum absolute atomic E-state index is 0.306. The van der Waals surface area contributed by atoms with Crippen LogP contribution in [0.4, 0.5) is 0 Å². The summed E-state index contributed by atoms with van der Waals surface area (Å²) in [7, 11) is 3.61. The quantitative estimate of drug-likeness (QED) is 0.767. The molecule has 0 amide bonds. The van der Waals surface area contributed by atoms with E-state index < -0.39 is 5.97 Å². The summed E-state index contributed by atoms with van der Waals surface area (Å²) < 4.78 is 0. The van der Waals surface area contributed by atoms with Crippen LogP contribution in [0.25, 0.3) is 5.57 Å². The molecule has 0 fully saturated rings. The van der Waals surface area contributed by atoms with Crippen LogP contribution < -0.4 is 0 Å². The fraction of sp³-hybridized carbons (Fsp3) is 0.250. The van der Waals surface area contributed by atoms with E-state index in [4.69, 9.17) is 5.11 Å². The van der Waals surface area contributed by atoms with Crippen molar-refractivity contribution in [1.29, 1.82) is 0 Å². The van der Waals surface area contributed by atoms with Crippen LogP contribution in [0.15, 0.2) is 30.5 Å². The lowest BCUT2D eigenvalue weighted by molar-refractivity contribution is -0.130. The maximum Gasteiger partial charge on any atom is 0.337 e. The molecule has 1 rings (SSSR count). The molecule has 0 aliphatic heterocycles. The van der Waals surface area contributed by atoms with Crippen LogP contribution in [0, 0.1) is 6.92 Å². The molecule has 3 heteroatoms. The average Bonchev–Trinajstić information content (AvgIpc) is 2.15. The molecule has 0 atom stereocenters. The van der Waals surface area contributed by atoms with Gasteiger partial charge in [0, 0.05) is 20.3 Å². The van der Waals surface area contributed by atoms with Crippen molar-refractivity contribution in [3.8, 4) is 0 Å². The molecule has 0 aliphatic rings. The fourth-order valence-electron chi connectivity index (χ4n) is 1.24. The molecule has 0 spiro atoms. The molecule has 0 saturated carbocycles. The Morgan fingerprint density at radius 1 is 1.27 bits per heavy atom. The lowest BCUT2D eigenvalue weighted by Gasteiger charge is -2.09. The number of rotatable bonds is 3. The molecule has 3 nitrogen and oxygen atoms in total. The van der Waals surface area contributed by atoms with Crippen LogP contribution in [0.3, 0.4) is 0 Å². The van der Waals surface area contributed by atoms with Crippen molar-refractivity contribution >= 4 is 11.5 Å². The predicted octanol–water partition coefficient (Wildman–Crippen LogP) is 1.98. The van der Waals surface area contributed by atoms with Gasteiger partial charge in [-0.25, -0.2) is 4.79 Å². The fourth-order valence-corrected chi connectivity index (χ4v) is 1.24. The predicted molar refractivity (Wildman–Crippen MR) is 60.5 cm³/mol. The van der Waals surface area contributed by atoms with Crippen molar-refractivity contribution in [3.63, 3.8) is 0 Å². The lowest BCUT2D eigenvalue weighted by atomic mass is 10.1. The van der Waals surface area contributed by atoms with Gasteiger partial charge in [-0.2, -0.15) is 0 Å². The number of aliphatic carboxylic acids is 1. The second kappa shape index (κ2) is 4.64. The molecule has 0 bridgehead atoms. The number of carbonyl (C=O) groups is 1. The molecule has 0 aromatic heterocycles. The smallest absolute Gasteiger partial charge is 0.337 e. The largest absolute Gasteiger partial charge is 0.478 e. The van der Waals surface area contributed by atoms with Gasteiger partial charge in [0.1, 0.15) is 0 Å². The summed E-state index contributed by atoms with van der Waals surface area (Å²) in [6.45, 7) is 1.97. The average molecular weight is 205 g/mol. The second-order valence-corrected chi connectivity index (χ2v) is 3.68.